The lowest BCUT2D eigenvalue weighted by molar-refractivity contribution is 0.0527. The van der Waals surface area contributed by atoms with E-state index in [4.69, 9.17) is 4.74 Å². The number of alkyl carbamates (subject to hydrolysis) is 1. The van der Waals surface area contributed by atoms with Crippen LogP contribution in [0.5, 0.6) is 0 Å². The Kier molecular flexibility index (Phi) is 4.81. The van der Waals surface area contributed by atoms with Gasteiger partial charge in [0.25, 0.3) is 5.56 Å². The fourth-order valence-electron chi connectivity index (χ4n) is 2.25. The van der Waals surface area contributed by atoms with Gasteiger partial charge in [0.1, 0.15) is 16.9 Å². The molecule has 9 heteroatoms. The molecular weight excluding hydrogens is 314 g/mol. The van der Waals surface area contributed by atoms with Gasteiger partial charge in [-0.05, 0) is 27.2 Å². The first kappa shape index (κ1) is 17.8. The fraction of sp³-hybridized carbons (Fsp3) is 0.600. The molecule has 0 saturated carbocycles. The van der Waals surface area contributed by atoms with Crippen LogP contribution in [0.2, 0.25) is 0 Å². The average molecular weight is 337 g/mol. The topological polar surface area (TPSA) is 111 Å². The Hall–Kier alpha value is -2.58. The van der Waals surface area contributed by atoms with Crippen molar-refractivity contribution in [3.8, 4) is 0 Å². The number of imidazole rings is 1. The number of carbonyl (C=O) groups is 1. The summed E-state index contributed by atoms with van der Waals surface area (Å²) < 4.78 is 7.51. The van der Waals surface area contributed by atoms with Gasteiger partial charge in [0, 0.05) is 27.1 Å². The molecule has 0 spiro atoms. The summed E-state index contributed by atoms with van der Waals surface area (Å²) in [6.07, 6.45) is 0.679. The van der Waals surface area contributed by atoms with Gasteiger partial charge in [-0.2, -0.15) is 0 Å². The first-order valence-corrected chi connectivity index (χ1v) is 7.71. The molecule has 0 unspecified atom stereocenters. The van der Waals surface area contributed by atoms with Crippen LogP contribution in [0.1, 0.15) is 33.0 Å². The maximum absolute atomic E-state index is 12.1. The summed E-state index contributed by atoms with van der Waals surface area (Å²) in [5, 5.41) is 2.66. The molecule has 9 nitrogen and oxygen atoms in total. The Morgan fingerprint density at radius 2 is 1.92 bits per heavy atom. The molecule has 0 aliphatic carbocycles. The first-order valence-electron chi connectivity index (χ1n) is 7.71. The van der Waals surface area contributed by atoms with Crippen LogP contribution in [0.25, 0.3) is 11.2 Å². The highest BCUT2D eigenvalue weighted by Crippen LogP contribution is 2.07. The minimum atomic E-state index is -0.534. The third-order valence-electron chi connectivity index (χ3n) is 3.40. The van der Waals surface area contributed by atoms with Crippen LogP contribution in [0, 0.1) is 0 Å². The molecule has 0 aliphatic rings. The number of hydrogen-bond donors (Lipinski definition) is 2. The number of rotatable bonds is 4. The quantitative estimate of drug-likeness (QED) is 0.785. The third-order valence-corrected chi connectivity index (χ3v) is 3.40. The number of H-pyrrole nitrogens is 1. The van der Waals surface area contributed by atoms with Crippen molar-refractivity contribution in [1.82, 2.24) is 24.4 Å². The molecule has 2 aromatic rings. The molecule has 0 radical (unpaired) electrons. The Balaban J connectivity index is 2.01. The third kappa shape index (κ3) is 3.84. The van der Waals surface area contributed by atoms with Crippen molar-refractivity contribution < 1.29 is 9.53 Å². The van der Waals surface area contributed by atoms with Crippen molar-refractivity contribution >= 4 is 17.3 Å². The van der Waals surface area contributed by atoms with Crippen LogP contribution >= 0.6 is 0 Å². The van der Waals surface area contributed by atoms with Crippen LogP contribution in [0.15, 0.2) is 9.59 Å². The summed E-state index contributed by atoms with van der Waals surface area (Å²) >= 11 is 0. The minimum Gasteiger partial charge on any atom is -0.444 e. The minimum absolute atomic E-state index is 0.301. The molecule has 132 valence electrons. The van der Waals surface area contributed by atoms with Crippen LogP contribution in [-0.2, 0) is 25.3 Å². The van der Waals surface area contributed by atoms with E-state index in [1.165, 1.54) is 11.6 Å². The zero-order valence-corrected chi connectivity index (χ0v) is 14.6. The van der Waals surface area contributed by atoms with E-state index in [0.717, 1.165) is 4.57 Å². The maximum atomic E-state index is 12.1. The summed E-state index contributed by atoms with van der Waals surface area (Å²) in [5.74, 6) is 0.592. The van der Waals surface area contributed by atoms with Crippen LogP contribution in [0.3, 0.4) is 0 Å². The molecule has 24 heavy (non-hydrogen) atoms. The molecule has 0 aliphatic heterocycles. The number of nitrogens with one attached hydrogen (secondary N) is 2. The van der Waals surface area contributed by atoms with E-state index >= 15 is 0 Å². The number of hydrogen-bond acceptors (Lipinski definition) is 5. The largest absolute Gasteiger partial charge is 0.444 e. The summed E-state index contributed by atoms with van der Waals surface area (Å²) in [7, 11) is 2.99. The Morgan fingerprint density at radius 1 is 1.25 bits per heavy atom. The number of fused-ring (bicyclic) bond motifs is 1. The SMILES string of the molecule is Cn1c(=O)c2[nH]c(CCCNC(=O)OC(C)(C)C)nc2n(C)c1=O. The molecule has 2 heterocycles. The Morgan fingerprint density at radius 3 is 2.54 bits per heavy atom. The second-order valence-electron chi connectivity index (χ2n) is 6.62. The summed E-state index contributed by atoms with van der Waals surface area (Å²) in [5.41, 5.74) is -0.725. The lowest BCUT2D eigenvalue weighted by atomic mass is 10.2. The van der Waals surface area contributed by atoms with Crippen LogP contribution in [-0.4, -0.2) is 37.3 Å². The van der Waals surface area contributed by atoms with E-state index in [0.29, 0.717) is 36.4 Å². The van der Waals surface area contributed by atoms with Crippen LogP contribution < -0.4 is 16.6 Å². The standard InChI is InChI=1S/C15H23N5O4/c1-15(2,3)24-13(22)16-8-6-7-9-17-10-11(18-9)19(4)14(23)20(5)12(10)21/h6-8H2,1-5H3,(H,16,22)(H,17,18). The lowest BCUT2D eigenvalue weighted by Gasteiger charge is -2.19. The number of aromatic amines is 1. The molecule has 0 fully saturated rings. The first-order chi connectivity index (χ1) is 11.1. The van der Waals surface area contributed by atoms with E-state index < -0.39 is 22.9 Å². The zero-order valence-electron chi connectivity index (χ0n) is 14.6. The van der Waals surface area contributed by atoms with E-state index in [-0.39, 0.29) is 0 Å². The van der Waals surface area contributed by atoms with Gasteiger partial charge in [-0.1, -0.05) is 0 Å². The predicted octanol–water partition coefficient (Wildman–Crippen LogP) is 0.418. The highest BCUT2D eigenvalue weighted by Gasteiger charge is 2.16. The highest BCUT2D eigenvalue weighted by molar-refractivity contribution is 5.69. The van der Waals surface area contributed by atoms with Crippen molar-refractivity contribution in [3.63, 3.8) is 0 Å². The molecule has 2 aromatic heterocycles. The molecule has 0 saturated heterocycles. The Labute approximate surface area is 138 Å². The number of aryl methyl sites for hydroxylation is 2. The number of nitrogens with zero attached hydrogens (tertiary/aromatic N) is 3. The molecule has 0 aromatic carbocycles. The lowest BCUT2D eigenvalue weighted by Crippen LogP contribution is -2.36. The van der Waals surface area contributed by atoms with Crippen molar-refractivity contribution in [2.45, 2.75) is 39.2 Å². The average Bonchev–Trinajstić information content (AvgIpc) is 2.90. The highest BCUT2D eigenvalue weighted by atomic mass is 16.6. The van der Waals surface area contributed by atoms with E-state index in [1.807, 2.05) is 0 Å². The predicted molar refractivity (Wildman–Crippen MR) is 89.1 cm³/mol. The summed E-state index contributed by atoms with van der Waals surface area (Å²) in [6.45, 7) is 5.81. The fourth-order valence-corrected chi connectivity index (χ4v) is 2.25. The zero-order chi connectivity index (χ0) is 18.1. The molecular formula is C15H23N5O4. The maximum Gasteiger partial charge on any atom is 0.407 e. The number of amides is 1. The van der Waals surface area contributed by atoms with E-state index in [1.54, 1.807) is 27.8 Å². The molecule has 2 N–H and O–H groups in total. The second-order valence-corrected chi connectivity index (χ2v) is 6.62. The normalized spacial score (nSPS) is 11.7. The van der Waals surface area contributed by atoms with Crippen molar-refractivity contribution in [2.75, 3.05) is 6.54 Å². The van der Waals surface area contributed by atoms with Crippen molar-refractivity contribution in [3.05, 3.63) is 26.7 Å². The van der Waals surface area contributed by atoms with Crippen LogP contribution in [0.4, 0.5) is 4.79 Å². The van der Waals surface area contributed by atoms with Gasteiger partial charge in [0.05, 0.1) is 0 Å². The van der Waals surface area contributed by atoms with Gasteiger partial charge in [-0.3, -0.25) is 13.9 Å². The molecule has 0 bridgehead atoms. The van der Waals surface area contributed by atoms with E-state index in [9.17, 15) is 14.4 Å². The second kappa shape index (κ2) is 6.50. The molecule has 2 rings (SSSR count). The molecule has 1 amide bonds. The number of carbonyl (C=O) groups excluding carboxylic acids is 1. The van der Waals surface area contributed by atoms with Gasteiger partial charge >= 0.3 is 11.8 Å². The van der Waals surface area contributed by atoms with Gasteiger partial charge in [-0.25, -0.2) is 14.6 Å². The summed E-state index contributed by atoms with van der Waals surface area (Å²) in [4.78, 5) is 42.7. The van der Waals surface area contributed by atoms with Crippen molar-refractivity contribution in [1.29, 1.82) is 0 Å². The van der Waals surface area contributed by atoms with Crippen molar-refractivity contribution in [2.24, 2.45) is 14.1 Å². The smallest absolute Gasteiger partial charge is 0.407 e. The molecule has 0 atom stereocenters. The monoisotopic (exact) mass is 337 g/mol. The van der Waals surface area contributed by atoms with E-state index in [2.05, 4.69) is 15.3 Å². The van der Waals surface area contributed by atoms with Gasteiger partial charge in [-0.15, -0.1) is 0 Å². The number of ether oxygens (including phenoxy) is 1. The Bertz CT molecular complexity index is 869. The number of aromatic nitrogens is 4. The van der Waals surface area contributed by atoms with Gasteiger partial charge < -0.3 is 15.0 Å². The van der Waals surface area contributed by atoms with Gasteiger partial charge in [0.2, 0.25) is 0 Å². The summed E-state index contributed by atoms with van der Waals surface area (Å²) in [6, 6.07) is 0. The van der Waals surface area contributed by atoms with Gasteiger partial charge in [0.15, 0.2) is 5.65 Å².